The van der Waals surface area contributed by atoms with Crippen LogP contribution in [0.15, 0.2) is 40.4 Å². The predicted molar refractivity (Wildman–Crippen MR) is 91.9 cm³/mol. The van der Waals surface area contributed by atoms with Crippen molar-refractivity contribution in [3.05, 3.63) is 46.6 Å². The van der Waals surface area contributed by atoms with Crippen LogP contribution in [0.3, 0.4) is 0 Å². The smallest absolute Gasteiger partial charge is 0.272 e. The predicted octanol–water partition coefficient (Wildman–Crippen LogP) is 0.693. The molecule has 0 atom stereocenters. The highest BCUT2D eigenvalue weighted by Gasteiger charge is 2.27. The minimum absolute atomic E-state index is 0.0431. The highest BCUT2D eigenvalue weighted by atomic mass is 32.2. The Balaban J connectivity index is 1.79. The standard InChI is InChI=1S/C14H16N4O4S2/c19-13-1-2-15-9-12(13)17-14(20)11-7-10(8-16-11)24(21,22)18-3-5-23-6-4-18/h1-2,7-9,16H,3-6H2,(H,15,19)(H,17,20). The Morgan fingerprint density at radius 1 is 1.25 bits per heavy atom. The van der Waals surface area contributed by atoms with Gasteiger partial charge >= 0.3 is 0 Å². The monoisotopic (exact) mass is 368 g/mol. The third kappa shape index (κ3) is 3.40. The number of H-pyrrole nitrogens is 2. The number of hydrogen-bond donors (Lipinski definition) is 3. The molecule has 0 spiro atoms. The number of rotatable bonds is 4. The van der Waals surface area contributed by atoms with Crippen LogP contribution in [-0.4, -0.2) is 53.2 Å². The average Bonchev–Trinajstić information content (AvgIpc) is 3.09. The van der Waals surface area contributed by atoms with Crippen LogP contribution in [0, 0.1) is 0 Å². The molecule has 0 aliphatic carbocycles. The molecule has 128 valence electrons. The molecule has 0 bridgehead atoms. The molecule has 0 saturated carbocycles. The maximum atomic E-state index is 12.5. The molecule has 24 heavy (non-hydrogen) atoms. The fourth-order valence-corrected chi connectivity index (χ4v) is 4.86. The molecule has 1 aliphatic heterocycles. The van der Waals surface area contributed by atoms with Crippen LogP contribution in [0.4, 0.5) is 5.69 Å². The number of nitrogens with one attached hydrogen (secondary N) is 3. The van der Waals surface area contributed by atoms with Crippen LogP contribution in [0.2, 0.25) is 0 Å². The molecular weight excluding hydrogens is 352 g/mol. The van der Waals surface area contributed by atoms with Crippen molar-refractivity contribution in [1.29, 1.82) is 0 Å². The SMILES string of the molecule is O=C(Nc1c[nH]ccc1=O)c1cc(S(=O)(=O)N2CCSCC2)c[nH]1. The van der Waals surface area contributed by atoms with E-state index in [4.69, 9.17) is 0 Å². The van der Waals surface area contributed by atoms with E-state index >= 15 is 0 Å². The van der Waals surface area contributed by atoms with Gasteiger partial charge in [0.1, 0.15) is 16.3 Å². The molecule has 1 aliphatic rings. The van der Waals surface area contributed by atoms with Crippen molar-refractivity contribution >= 4 is 33.4 Å². The molecule has 10 heteroatoms. The molecule has 1 amide bonds. The van der Waals surface area contributed by atoms with Crippen molar-refractivity contribution < 1.29 is 13.2 Å². The second kappa shape index (κ2) is 6.83. The number of aromatic nitrogens is 2. The van der Waals surface area contributed by atoms with Crippen molar-refractivity contribution in [3.8, 4) is 0 Å². The molecule has 8 nitrogen and oxygen atoms in total. The van der Waals surface area contributed by atoms with Gasteiger partial charge in [-0.2, -0.15) is 16.1 Å². The fraction of sp³-hybridized carbons (Fsp3) is 0.286. The summed E-state index contributed by atoms with van der Waals surface area (Å²) in [5.74, 6) is 0.934. The van der Waals surface area contributed by atoms with E-state index in [1.807, 2.05) is 0 Å². The quantitative estimate of drug-likeness (QED) is 0.734. The minimum Gasteiger partial charge on any atom is -0.366 e. The van der Waals surface area contributed by atoms with E-state index in [9.17, 15) is 18.0 Å². The number of pyridine rings is 1. The molecular formula is C14H16N4O4S2. The first kappa shape index (κ1) is 16.8. The fourth-order valence-electron chi connectivity index (χ4n) is 2.29. The summed E-state index contributed by atoms with van der Waals surface area (Å²) in [7, 11) is -3.61. The Morgan fingerprint density at radius 2 is 2.00 bits per heavy atom. The van der Waals surface area contributed by atoms with Gasteiger partial charge in [-0.1, -0.05) is 0 Å². The molecule has 3 N–H and O–H groups in total. The van der Waals surface area contributed by atoms with E-state index in [2.05, 4.69) is 15.3 Å². The van der Waals surface area contributed by atoms with Crippen molar-refractivity contribution in [2.75, 3.05) is 29.9 Å². The molecule has 3 heterocycles. The summed E-state index contributed by atoms with van der Waals surface area (Å²) in [6.45, 7) is 0.915. The number of thioether (sulfide) groups is 1. The largest absolute Gasteiger partial charge is 0.366 e. The summed E-state index contributed by atoms with van der Waals surface area (Å²) in [5, 5.41) is 2.45. The van der Waals surface area contributed by atoms with Gasteiger partial charge in [-0.3, -0.25) is 9.59 Å². The zero-order valence-electron chi connectivity index (χ0n) is 12.6. The van der Waals surface area contributed by atoms with E-state index in [1.54, 1.807) is 11.8 Å². The molecule has 0 radical (unpaired) electrons. The third-order valence-electron chi connectivity index (χ3n) is 3.58. The highest BCUT2D eigenvalue weighted by Crippen LogP contribution is 2.21. The van der Waals surface area contributed by atoms with Gasteiger partial charge < -0.3 is 15.3 Å². The number of amides is 1. The van der Waals surface area contributed by atoms with Crippen LogP contribution in [-0.2, 0) is 10.0 Å². The number of nitrogens with zero attached hydrogens (tertiary/aromatic N) is 1. The zero-order valence-corrected chi connectivity index (χ0v) is 14.2. The molecule has 2 aromatic heterocycles. The van der Waals surface area contributed by atoms with Crippen molar-refractivity contribution in [2.45, 2.75) is 4.90 Å². The number of anilines is 1. The lowest BCUT2D eigenvalue weighted by Crippen LogP contribution is -2.37. The first-order valence-corrected chi connectivity index (χ1v) is 9.83. The van der Waals surface area contributed by atoms with Crippen LogP contribution in [0.25, 0.3) is 0 Å². The summed E-state index contributed by atoms with van der Waals surface area (Å²) in [4.78, 5) is 29.2. The second-order valence-electron chi connectivity index (χ2n) is 5.14. The first-order valence-electron chi connectivity index (χ1n) is 7.23. The van der Waals surface area contributed by atoms with E-state index in [1.165, 1.54) is 35.0 Å². The number of aromatic amines is 2. The average molecular weight is 368 g/mol. The summed E-state index contributed by atoms with van der Waals surface area (Å²) in [6, 6.07) is 2.57. The molecule has 3 rings (SSSR count). The van der Waals surface area contributed by atoms with Gasteiger partial charge in [0.05, 0.1) is 0 Å². The van der Waals surface area contributed by atoms with Crippen LogP contribution in [0.5, 0.6) is 0 Å². The molecule has 0 aromatic carbocycles. The van der Waals surface area contributed by atoms with Gasteiger partial charge in [-0.15, -0.1) is 0 Å². The first-order chi connectivity index (χ1) is 11.5. The number of hydrogen-bond acceptors (Lipinski definition) is 5. The number of carbonyl (C=O) groups is 1. The summed E-state index contributed by atoms with van der Waals surface area (Å²) >= 11 is 1.71. The second-order valence-corrected chi connectivity index (χ2v) is 8.30. The summed E-state index contributed by atoms with van der Waals surface area (Å²) in [6.07, 6.45) is 4.11. The highest BCUT2D eigenvalue weighted by molar-refractivity contribution is 7.99. The molecule has 1 saturated heterocycles. The van der Waals surface area contributed by atoms with Crippen molar-refractivity contribution in [1.82, 2.24) is 14.3 Å². The normalized spacial score (nSPS) is 16.0. The lowest BCUT2D eigenvalue weighted by molar-refractivity contribution is 0.102. The molecule has 1 fully saturated rings. The van der Waals surface area contributed by atoms with Gasteiger partial charge in [-0.05, 0) is 6.07 Å². The Bertz CT molecular complexity index is 897. The van der Waals surface area contributed by atoms with Gasteiger partial charge in [0.15, 0.2) is 0 Å². The molecule has 0 unspecified atom stereocenters. The Hall–Kier alpha value is -2.04. The maximum Gasteiger partial charge on any atom is 0.272 e. The minimum atomic E-state index is -3.61. The Morgan fingerprint density at radius 3 is 2.71 bits per heavy atom. The number of carbonyl (C=O) groups excluding carboxylic acids is 1. The lowest BCUT2D eigenvalue weighted by Gasteiger charge is -2.24. The zero-order chi connectivity index (χ0) is 17.2. The van der Waals surface area contributed by atoms with E-state index < -0.39 is 15.9 Å². The van der Waals surface area contributed by atoms with Gasteiger partial charge in [0.25, 0.3) is 5.91 Å². The van der Waals surface area contributed by atoms with Crippen LogP contribution >= 0.6 is 11.8 Å². The van der Waals surface area contributed by atoms with Crippen LogP contribution < -0.4 is 10.7 Å². The van der Waals surface area contributed by atoms with E-state index in [-0.39, 0.29) is 21.7 Å². The third-order valence-corrected chi connectivity index (χ3v) is 6.40. The Kier molecular flexibility index (Phi) is 4.78. The number of sulfonamides is 1. The topological polar surface area (TPSA) is 115 Å². The van der Waals surface area contributed by atoms with E-state index in [0.717, 1.165) is 11.5 Å². The maximum absolute atomic E-state index is 12.5. The summed E-state index contributed by atoms with van der Waals surface area (Å²) < 4.78 is 26.5. The van der Waals surface area contributed by atoms with Crippen molar-refractivity contribution in [3.63, 3.8) is 0 Å². The lowest BCUT2D eigenvalue weighted by atomic mass is 10.3. The van der Waals surface area contributed by atoms with Crippen LogP contribution in [0.1, 0.15) is 10.5 Å². The Labute approximate surface area is 142 Å². The molecule has 2 aromatic rings. The van der Waals surface area contributed by atoms with Gasteiger partial charge in [-0.25, -0.2) is 8.42 Å². The van der Waals surface area contributed by atoms with Gasteiger partial charge in [0, 0.05) is 49.3 Å². The van der Waals surface area contributed by atoms with Gasteiger partial charge in [0.2, 0.25) is 15.5 Å². The summed E-state index contributed by atoms with van der Waals surface area (Å²) in [5.41, 5.74) is -0.176. The van der Waals surface area contributed by atoms with Crippen molar-refractivity contribution in [2.24, 2.45) is 0 Å². The van der Waals surface area contributed by atoms with E-state index in [0.29, 0.717) is 13.1 Å².